The second kappa shape index (κ2) is 9.11. The molecule has 1 saturated heterocycles. The molecule has 2 aromatic carbocycles. The topological polar surface area (TPSA) is 89.3 Å². The first-order valence-electron chi connectivity index (χ1n) is 9.52. The first-order valence-corrected chi connectivity index (χ1v) is 10.5. The Hall–Kier alpha value is -2.84. The lowest BCUT2D eigenvalue weighted by Gasteiger charge is -2.12. The van der Waals surface area contributed by atoms with Gasteiger partial charge in [-0.25, -0.2) is 0 Å². The zero-order valence-electron chi connectivity index (χ0n) is 15.8. The van der Waals surface area contributed by atoms with Crippen LogP contribution < -0.4 is 5.32 Å². The molecule has 29 heavy (non-hydrogen) atoms. The van der Waals surface area contributed by atoms with Gasteiger partial charge in [-0.05, 0) is 37.1 Å². The zero-order valence-corrected chi connectivity index (χ0v) is 16.6. The van der Waals surface area contributed by atoms with Crippen molar-refractivity contribution in [3.8, 4) is 22.8 Å². The normalized spacial score (nSPS) is 16.1. The van der Waals surface area contributed by atoms with E-state index >= 15 is 0 Å². The Labute approximate surface area is 173 Å². The van der Waals surface area contributed by atoms with Crippen LogP contribution >= 0.6 is 11.8 Å². The van der Waals surface area contributed by atoms with Crippen LogP contribution in [0.3, 0.4) is 0 Å². The molecule has 1 fully saturated rings. The number of nitrogens with zero attached hydrogens (tertiary/aromatic N) is 3. The van der Waals surface area contributed by atoms with Crippen LogP contribution in [0.1, 0.15) is 12.8 Å². The van der Waals surface area contributed by atoms with E-state index in [1.807, 2.05) is 41.0 Å². The summed E-state index contributed by atoms with van der Waals surface area (Å²) in [6.45, 7) is 1.30. The minimum absolute atomic E-state index is 0.0720. The monoisotopic (exact) mass is 410 g/mol. The van der Waals surface area contributed by atoms with Crippen molar-refractivity contribution in [2.45, 2.75) is 24.1 Å². The number of carbonyl (C=O) groups is 1. The van der Waals surface area contributed by atoms with Crippen LogP contribution in [0.5, 0.6) is 5.75 Å². The van der Waals surface area contributed by atoms with E-state index in [1.54, 1.807) is 18.2 Å². The summed E-state index contributed by atoms with van der Waals surface area (Å²) in [6.07, 6.45) is 2.15. The zero-order chi connectivity index (χ0) is 20.1. The van der Waals surface area contributed by atoms with E-state index in [9.17, 15) is 9.90 Å². The molecule has 1 aliphatic rings. The SMILES string of the molecule is O=C(CSc1nnc(-c2ccccc2O)n1-c1ccccc1)NC[C@@H]1CCCO1. The third kappa shape index (κ3) is 4.60. The summed E-state index contributed by atoms with van der Waals surface area (Å²) >= 11 is 1.31. The molecule has 0 saturated carbocycles. The van der Waals surface area contributed by atoms with Crippen LogP contribution in [0.15, 0.2) is 59.8 Å². The van der Waals surface area contributed by atoms with E-state index in [4.69, 9.17) is 4.74 Å². The van der Waals surface area contributed by atoms with Gasteiger partial charge in [0.2, 0.25) is 5.91 Å². The summed E-state index contributed by atoms with van der Waals surface area (Å²) < 4.78 is 7.39. The lowest BCUT2D eigenvalue weighted by atomic mass is 10.2. The number of aromatic nitrogens is 3. The van der Waals surface area contributed by atoms with Gasteiger partial charge in [-0.2, -0.15) is 0 Å². The van der Waals surface area contributed by atoms with Crippen LogP contribution in [0, 0.1) is 0 Å². The molecule has 2 heterocycles. The lowest BCUT2D eigenvalue weighted by molar-refractivity contribution is -0.119. The fraction of sp³-hybridized carbons (Fsp3) is 0.286. The molecule has 8 heteroatoms. The second-order valence-corrected chi connectivity index (χ2v) is 7.66. The molecule has 0 unspecified atom stereocenters. The third-order valence-electron chi connectivity index (χ3n) is 4.68. The smallest absolute Gasteiger partial charge is 0.230 e. The van der Waals surface area contributed by atoms with E-state index in [2.05, 4.69) is 15.5 Å². The van der Waals surface area contributed by atoms with Crippen molar-refractivity contribution >= 4 is 17.7 Å². The molecule has 1 aliphatic heterocycles. The largest absolute Gasteiger partial charge is 0.507 e. The maximum absolute atomic E-state index is 12.3. The van der Waals surface area contributed by atoms with Crippen LogP contribution in [0.4, 0.5) is 0 Å². The average Bonchev–Trinajstić information content (AvgIpc) is 3.41. The third-order valence-corrected chi connectivity index (χ3v) is 5.60. The molecule has 7 nitrogen and oxygen atoms in total. The van der Waals surface area contributed by atoms with Crippen molar-refractivity contribution < 1.29 is 14.6 Å². The second-order valence-electron chi connectivity index (χ2n) is 6.72. The number of rotatable bonds is 7. The highest BCUT2D eigenvalue weighted by molar-refractivity contribution is 7.99. The molecule has 3 aromatic rings. The van der Waals surface area contributed by atoms with Crippen LogP contribution in [-0.4, -0.2) is 50.8 Å². The van der Waals surface area contributed by atoms with Gasteiger partial charge in [0, 0.05) is 18.8 Å². The number of hydrogen-bond acceptors (Lipinski definition) is 6. The number of phenolic OH excluding ortho intramolecular Hbond substituents is 1. The van der Waals surface area contributed by atoms with Gasteiger partial charge in [0.1, 0.15) is 5.75 Å². The summed E-state index contributed by atoms with van der Waals surface area (Å²) in [5, 5.41) is 22.3. The highest BCUT2D eigenvalue weighted by Crippen LogP contribution is 2.32. The number of hydrogen-bond donors (Lipinski definition) is 2. The van der Waals surface area contributed by atoms with Crippen LogP contribution in [0.2, 0.25) is 0 Å². The molecule has 150 valence electrons. The average molecular weight is 410 g/mol. The number of phenols is 1. The van der Waals surface area contributed by atoms with E-state index in [0.29, 0.717) is 23.1 Å². The molecule has 0 aliphatic carbocycles. The van der Waals surface area contributed by atoms with Crippen molar-refractivity contribution in [3.63, 3.8) is 0 Å². The molecule has 1 amide bonds. The van der Waals surface area contributed by atoms with Crippen molar-refractivity contribution in [3.05, 3.63) is 54.6 Å². The van der Waals surface area contributed by atoms with Crippen LogP contribution in [0.25, 0.3) is 17.1 Å². The van der Waals surface area contributed by atoms with Gasteiger partial charge in [-0.3, -0.25) is 9.36 Å². The van der Waals surface area contributed by atoms with Gasteiger partial charge in [-0.15, -0.1) is 10.2 Å². The molecule has 0 spiro atoms. The Balaban J connectivity index is 1.54. The lowest BCUT2D eigenvalue weighted by Crippen LogP contribution is -2.32. The first kappa shape index (κ1) is 19.5. The summed E-state index contributed by atoms with van der Waals surface area (Å²) in [6, 6.07) is 16.7. The quantitative estimate of drug-likeness (QED) is 0.582. The molecule has 0 bridgehead atoms. The Morgan fingerprint density at radius 2 is 1.97 bits per heavy atom. The standard InChI is InChI=1S/C21H22N4O3S/c26-18-11-5-4-10-17(18)20-23-24-21(25(20)15-7-2-1-3-8-15)29-14-19(27)22-13-16-9-6-12-28-16/h1-5,7-8,10-11,16,26H,6,9,12-14H2,(H,22,27)/t16-/m0/s1. The van der Waals surface area contributed by atoms with E-state index in [0.717, 1.165) is 25.1 Å². The van der Waals surface area contributed by atoms with Gasteiger partial charge in [0.15, 0.2) is 11.0 Å². The number of amides is 1. The summed E-state index contributed by atoms with van der Waals surface area (Å²) in [7, 11) is 0. The Morgan fingerprint density at radius 3 is 2.72 bits per heavy atom. The molecule has 1 atom stereocenters. The minimum Gasteiger partial charge on any atom is -0.507 e. The van der Waals surface area contributed by atoms with Gasteiger partial charge in [0.25, 0.3) is 0 Å². The minimum atomic E-state index is -0.0720. The highest BCUT2D eigenvalue weighted by atomic mass is 32.2. The first-order chi connectivity index (χ1) is 14.2. The number of carbonyl (C=O) groups excluding carboxylic acids is 1. The van der Waals surface area contributed by atoms with Crippen LogP contribution in [-0.2, 0) is 9.53 Å². The maximum atomic E-state index is 12.3. The number of benzene rings is 2. The number of para-hydroxylation sites is 2. The Morgan fingerprint density at radius 1 is 1.17 bits per heavy atom. The van der Waals surface area contributed by atoms with Gasteiger partial charge in [0.05, 0.1) is 17.4 Å². The number of thioether (sulfide) groups is 1. The predicted molar refractivity (Wildman–Crippen MR) is 111 cm³/mol. The summed E-state index contributed by atoms with van der Waals surface area (Å²) in [5.41, 5.74) is 1.44. The van der Waals surface area contributed by atoms with Crippen molar-refractivity contribution in [1.82, 2.24) is 20.1 Å². The fourth-order valence-electron chi connectivity index (χ4n) is 3.22. The Kier molecular flexibility index (Phi) is 6.12. The van der Waals surface area contributed by atoms with Gasteiger partial charge < -0.3 is 15.2 Å². The molecular weight excluding hydrogens is 388 g/mol. The number of aromatic hydroxyl groups is 1. The molecule has 2 N–H and O–H groups in total. The molecule has 0 radical (unpaired) electrons. The number of nitrogens with one attached hydrogen (secondary N) is 1. The molecule has 4 rings (SSSR count). The van der Waals surface area contributed by atoms with E-state index in [1.165, 1.54) is 11.8 Å². The molecule has 1 aromatic heterocycles. The highest BCUT2D eigenvalue weighted by Gasteiger charge is 2.20. The van der Waals surface area contributed by atoms with Crippen molar-refractivity contribution in [2.24, 2.45) is 0 Å². The number of ether oxygens (including phenoxy) is 1. The van der Waals surface area contributed by atoms with Crippen molar-refractivity contribution in [1.29, 1.82) is 0 Å². The maximum Gasteiger partial charge on any atom is 0.230 e. The predicted octanol–water partition coefficient (Wildman–Crippen LogP) is 3.03. The summed E-state index contributed by atoms with van der Waals surface area (Å²) in [4.78, 5) is 12.3. The fourth-order valence-corrected chi connectivity index (χ4v) is 4.01. The van der Waals surface area contributed by atoms with Gasteiger partial charge in [-0.1, -0.05) is 42.1 Å². The van der Waals surface area contributed by atoms with Gasteiger partial charge >= 0.3 is 0 Å². The van der Waals surface area contributed by atoms with Crippen molar-refractivity contribution in [2.75, 3.05) is 18.9 Å². The van der Waals surface area contributed by atoms with E-state index in [-0.39, 0.29) is 23.5 Å². The van der Waals surface area contributed by atoms with E-state index < -0.39 is 0 Å². The molecular formula is C21H22N4O3S. The Bertz CT molecular complexity index is 971. The summed E-state index contributed by atoms with van der Waals surface area (Å²) in [5.74, 6) is 0.801.